The van der Waals surface area contributed by atoms with Gasteiger partial charge in [0.05, 0.1) is 9.88 Å². The second kappa shape index (κ2) is 7.14. The molecule has 0 bridgehead atoms. The van der Waals surface area contributed by atoms with Gasteiger partial charge in [-0.25, -0.2) is 4.79 Å². The molecule has 0 spiro atoms. The molecule has 1 atom stereocenters. The first-order chi connectivity index (χ1) is 11.6. The van der Waals surface area contributed by atoms with Crippen molar-refractivity contribution >= 4 is 39.9 Å². The highest BCUT2D eigenvalue weighted by molar-refractivity contribution is 7.18. The largest absolute Gasteiger partial charge is 0.354 e. The maximum absolute atomic E-state index is 12.1. The highest BCUT2D eigenvalue weighted by Crippen LogP contribution is 2.22. The number of carbonyl (C=O) groups is 3. The molecule has 8 heteroatoms. The number of amides is 4. The first kappa shape index (κ1) is 16.0. The van der Waals surface area contributed by atoms with Gasteiger partial charge < -0.3 is 16.0 Å². The summed E-state index contributed by atoms with van der Waals surface area (Å²) < 4.78 is 0. The van der Waals surface area contributed by atoms with Crippen LogP contribution in [-0.2, 0) is 4.79 Å². The van der Waals surface area contributed by atoms with Gasteiger partial charge in [0.15, 0.2) is 0 Å². The quantitative estimate of drug-likeness (QED) is 0.683. The summed E-state index contributed by atoms with van der Waals surface area (Å²) in [7, 11) is 0. The number of carbonyl (C=O) groups excluding carboxylic acids is 3. The van der Waals surface area contributed by atoms with Crippen molar-refractivity contribution in [2.75, 3.05) is 17.2 Å². The van der Waals surface area contributed by atoms with Gasteiger partial charge in [0, 0.05) is 12.2 Å². The Morgan fingerprint density at radius 3 is 2.58 bits per heavy atom. The number of hydrogen-bond donors (Lipinski definition) is 4. The van der Waals surface area contributed by atoms with E-state index in [2.05, 4.69) is 21.3 Å². The second-order valence-electron chi connectivity index (χ2n) is 5.21. The first-order valence-corrected chi connectivity index (χ1v) is 8.25. The topological polar surface area (TPSA) is 99.3 Å². The summed E-state index contributed by atoms with van der Waals surface area (Å²) in [5, 5.41) is 11.3. The Balaban J connectivity index is 1.56. The van der Waals surface area contributed by atoms with Gasteiger partial charge >= 0.3 is 6.03 Å². The van der Waals surface area contributed by atoms with Crippen molar-refractivity contribution in [3.05, 3.63) is 47.3 Å². The molecule has 2 heterocycles. The Morgan fingerprint density at radius 2 is 1.88 bits per heavy atom. The van der Waals surface area contributed by atoms with Crippen molar-refractivity contribution in [2.45, 2.75) is 12.5 Å². The van der Waals surface area contributed by atoms with Gasteiger partial charge in [-0.05, 0) is 30.7 Å². The molecule has 1 saturated heterocycles. The van der Waals surface area contributed by atoms with Crippen LogP contribution in [0.4, 0.5) is 15.5 Å². The molecule has 0 radical (unpaired) electrons. The maximum atomic E-state index is 12.1. The van der Waals surface area contributed by atoms with Crippen LogP contribution in [0.2, 0.25) is 0 Å². The minimum Gasteiger partial charge on any atom is -0.354 e. The third-order valence-corrected chi connectivity index (χ3v) is 4.45. The third kappa shape index (κ3) is 3.90. The highest BCUT2D eigenvalue weighted by atomic mass is 32.1. The summed E-state index contributed by atoms with van der Waals surface area (Å²) in [5.41, 5.74) is 0.678. The van der Waals surface area contributed by atoms with E-state index in [0.717, 1.165) is 11.3 Å². The summed E-state index contributed by atoms with van der Waals surface area (Å²) in [4.78, 5) is 36.0. The van der Waals surface area contributed by atoms with Crippen LogP contribution in [0.25, 0.3) is 0 Å². The van der Waals surface area contributed by atoms with Crippen LogP contribution in [0, 0.1) is 0 Å². The lowest BCUT2D eigenvalue weighted by atomic mass is 10.2. The third-order valence-electron chi connectivity index (χ3n) is 3.45. The van der Waals surface area contributed by atoms with Gasteiger partial charge in [-0.3, -0.25) is 14.9 Å². The zero-order valence-corrected chi connectivity index (χ0v) is 13.5. The molecule has 4 N–H and O–H groups in total. The normalized spacial score (nSPS) is 16.3. The van der Waals surface area contributed by atoms with Crippen LogP contribution < -0.4 is 21.3 Å². The van der Waals surface area contributed by atoms with Crippen molar-refractivity contribution in [3.63, 3.8) is 0 Å². The zero-order chi connectivity index (χ0) is 16.9. The fraction of sp³-hybridized carbons (Fsp3) is 0.188. The number of para-hydroxylation sites is 1. The first-order valence-electron chi connectivity index (χ1n) is 7.43. The number of benzene rings is 1. The minimum atomic E-state index is -0.489. The van der Waals surface area contributed by atoms with Gasteiger partial charge in [-0.1, -0.05) is 18.2 Å². The summed E-state index contributed by atoms with van der Waals surface area (Å²) in [6.45, 7) is 0.570. The Hall–Kier alpha value is -2.87. The van der Waals surface area contributed by atoms with Crippen molar-refractivity contribution in [2.24, 2.45) is 0 Å². The molecule has 1 aliphatic heterocycles. The lowest BCUT2D eigenvalue weighted by molar-refractivity contribution is -0.120. The number of anilines is 2. The molecule has 0 saturated carbocycles. The Bertz CT molecular complexity index is 760. The molecule has 1 aromatic heterocycles. The number of thiophene rings is 1. The summed E-state index contributed by atoms with van der Waals surface area (Å²) in [6.07, 6.45) is 0.584. The molecular formula is C16H16N4O3S. The predicted molar refractivity (Wildman–Crippen MR) is 92.3 cm³/mol. The standard InChI is InChI=1S/C16H16N4O3S/c21-14-11(8-9-17-14)19-15(22)12-6-7-13(24-12)20-16(23)18-10-4-2-1-3-5-10/h1-7,11H,8-9H2,(H,17,21)(H,19,22)(H2,18,20,23)/t11-/m0/s1. The molecule has 0 aliphatic carbocycles. The van der Waals surface area contributed by atoms with Crippen LogP contribution in [0.15, 0.2) is 42.5 Å². The van der Waals surface area contributed by atoms with E-state index >= 15 is 0 Å². The van der Waals surface area contributed by atoms with Gasteiger partial charge in [-0.2, -0.15) is 0 Å². The van der Waals surface area contributed by atoms with Gasteiger partial charge in [0.25, 0.3) is 5.91 Å². The molecule has 2 aromatic rings. The van der Waals surface area contributed by atoms with E-state index < -0.39 is 6.04 Å². The Labute approximate surface area is 142 Å². The Morgan fingerprint density at radius 1 is 1.08 bits per heavy atom. The number of rotatable bonds is 4. The predicted octanol–water partition coefficient (Wildman–Crippen LogP) is 2.01. The van der Waals surface area contributed by atoms with Gasteiger partial charge in [0.1, 0.15) is 6.04 Å². The zero-order valence-electron chi connectivity index (χ0n) is 12.7. The minimum absolute atomic E-state index is 0.166. The number of nitrogens with one attached hydrogen (secondary N) is 4. The SMILES string of the molecule is O=C(Nc1ccccc1)Nc1ccc(C(=O)N[C@H]2CCNC2=O)s1. The second-order valence-corrected chi connectivity index (χ2v) is 6.30. The fourth-order valence-corrected chi connectivity index (χ4v) is 3.09. The lowest BCUT2D eigenvalue weighted by Gasteiger charge is -2.08. The monoisotopic (exact) mass is 344 g/mol. The van der Waals surface area contributed by atoms with Crippen molar-refractivity contribution in [1.82, 2.24) is 10.6 Å². The van der Waals surface area contributed by atoms with Gasteiger partial charge in [0.2, 0.25) is 5.91 Å². The molecule has 1 aliphatic rings. The molecule has 124 valence electrons. The van der Waals surface area contributed by atoms with E-state index in [9.17, 15) is 14.4 Å². The molecule has 24 heavy (non-hydrogen) atoms. The van der Waals surface area contributed by atoms with Crippen LogP contribution in [-0.4, -0.2) is 30.4 Å². The summed E-state index contributed by atoms with van der Waals surface area (Å²) in [5.74, 6) is -0.487. The van der Waals surface area contributed by atoms with E-state index in [1.54, 1.807) is 24.3 Å². The molecular weight excluding hydrogens is 328 g/mol. The van der Waals surface area contributed by atoms with E-state index in [0.29, 0.717) is 28.5 Å². The van der Waals surface area contributed by atoms with E-state index in [-0.39, 0.29) is 17.8 Å². The molecule has 7 nitrogen and oxygen atoms in total. The highest BCUT2D eigenvalue weighted by Gasteiger charge is 2.26. The van der Waals surface area contributed by atoms with Crippen LogP contribution in [0.5, 0.6) is 0 Å². The molecule has 0 unspecified atom stereocenters. The van der Waals surface area contributed by atoms with E-state index in [1.807, 2.05) is 18.2 Å². The molecule has 1 aromatic carbocycles. The molecule has 4 amide bonds. The van der Waals surface area contributed by atoms with Crippen molar-refractivity contribution in [3.8, 4) is 0 Å². The van der Waals surface area contributed by atoms with Gasteiger partial charge in [-0.15, -0.1) is 11.3 Å². The number of hydrogen-bond acceptors (Lipinski definition) is 4. The van der Waals surface area contributed by atoms with Crippen molar-refractivity contribution in [1.29, 1.82) is 0 Å². The summed E-state index contributed by atoms with van der Waals surface area (Å²) >= 11 is 1.15. The maximum Gasteiger partial charge on any atom is 0.324 e. The van der Waals surface area contributed by atoms with Crippen molar-refractivity contribution < 1.29 is 14.4 Å². The molecule has 3 rings (SSSR count). The Kier molecular flexibility index (Phi) is 4.76. The smallest absolute Gasteiger partial charge is 0.324 e. The van der Waals surface area contributed by atoms with Crippen LogP contribution >= 0.6 is 11.3 Å². The molecule has 1 fully saturated rings. The average molecular weight is 344 g/mol. The summed E-state index contributed by atoms with van der Waals surface area (Å²) in [6, 6.07) is 11.5. The average Bonchev–Trinajstić information content (AvgIpc) is 3.18. The van der Waals surface area contributed by atoms with Crippen LogP contribution in [0.3, 0.4) is 0 Å². The van der Waals surface area contributed by atoms with E-state index in [4.69, 9.17) is 0 Å². The fourth-order valence-electron chi connectivity index (χ4n) is 2.28. The number of urea groups is 1. The van der Waals surface area contributed by atoms with E-state index in [1.165, 1.54) is 0 Å². The van der Waals surface area contributed by atoms with Crippen LogP contribution in [0.1, 0.15) is 16.1 Å². The lowest BCUT2D eigenvalue weighted by Crippen LogP contribution is -2.39.